The second-order valence-corrected chi connectivity index (χ2v) is 10.3. The average Bonchev–Trinajstić information content (AvgIpc) is 3.41. The van der Waals surface area contributed by atoms with Crippen LogP contribution in [0.3, 0.4) is 0 Å². The summed E-state index contributed by atoms with van der Waals surface area (Å²) in [4.78, 5) is 43.1. The predicted molar refractivity (Wildman–Crippen MR) is 131 cm³/mol. The molecule has 1 N–H and O–H groups in total. The molecule has 35 heavy (non-hydrogen) atoms. The molecule has 0 bridgehead atoms. The van der Waals surface area contributed by atoms with Crippen LogP contribution in [-0.4, -0.2) is 55.9 Å². The number of fused-ring (bicyclic) bond motifs is 4. The maximum atomic E-state index is 14.8. The quantitative estimate of drug-likeness (QED) is 0.585. The molecule has 0 saturated carbocycles. The first-order valence-electron chi connectivity index (χ1n) is 10.9. The van der Waals surface area contributed by atoms with Gasteiger partial charge in [0.2, 0.25) is 11.8 Å². The first-order valence-corrected chi connectivity index (χ1v) is 12.1. The van der Waals surface area contributed by atoms with E-state index in [9.17, 15) is 18.8 Å². The van der Waals surface area contributed by atoms with Gasteiger partial charge in [0.25, 0.3) is 0 Å². The third-order valence-electron chi connectivity index (χ3n) is 7.32. The van der Waals surface area contributed by atoms with Crippen LogP contribution >= 0.6 is 34.8 Å². The molecule has 1 spiro atoms. The highest BCUT2D eigenvalue weighted by atomic mass is 35.5. The van der Waals surface area contributed by atoms with Crippen LogP contribution in [0, 0.1) is 11.8 Å². The number of carbonyl (C=O) groups excluding carboxylic acids is 3. The van der Waals surface area contributed by atoms with Gasteiger partial charge in [-0.25, -0.2) is 4.39 Å². The highest BCUT2D eigenvalue weighted by molar-refractivity contribution is 6.38. The van der Waals surface area contributed by atoms with Crippen molar-refractivity contribution in [3.63, 3.8) is 0 Å². The van der Waals surface area contributed by atoms with Crippen molar-refractivity contribution in [3.8, 4) is 5.75 Å². The first-order chi connectivity index (χ1) is 16.6. The number of ether oxygens (including phenoxy) is 1. The van der Waals surface area contributed by atoms with Gasteiger partial charge in [0.05, 0.1) is 29.7 Å². The monoisotopic (exact) mass is 539 g/mol. The lowest BCUT2D eigenvalue weighted by Crippen LogP contribution is -2.52. The lowest BCUT2D eigenvalue weighted by atomic mass is 9.74. The van der Waals surface area contributed by atoms with Crippen molar-refractivity contribution in [2.75, 3.05) is 30.9 Å². The van der Waals surface area contributed by atoms with Gasteiger partial charge in [0.1, 0.15) is 23.7 Å². The number of rotatable bonds is 4. The molecule has 2 aromatic rings. The lowest BCUT2D eigenvalue weighted by molar-refractivity contribution is -0.134. The van der Waals surface area contributed by atoms with Gasteiger partial charge in [-0.05, 0) is 30.7 Å². The van der Waals surface area contributed by atoms with E-state index in [1.807, 2.05) is 0 Å². The average molecular weight is 541 g/mol. The van der Waals surface area contributed by atoms with Crippen molar-refractivity contribution < 1.29 is 23.5 Å². The number of hydrogen-bond donors (Lipinski definition) is 1. The van der Waals surface area contributed by atoms with E-state index in [0.717, 1.165) is 0 Å². The van der Waals surface area contributed by atoms with E-state index in [1.54, 1.807) is 36.2 Å². The van der Waals surface area contributed by atoms with Crippen molar-refractivity contribution in [2.45, 2.75) is 24.2 Å². The van der Waals surface area contributed by atoms with Crippen LogP contribution in [0.1, 0.15) is 12.0 Å². The summed E-state index contributed by atoms with van der Waals surface area (Å²) in [6.07, 6.45) is -0.654. The molecule has 0 aliphatic carbocycles. The topological polar surface area (TPSA) is 79.0 Å². The summed E-state index contributed by atoms with van der Waals surface area (Å²) in [7, 11) is 3.02. The zero-order chi connectivity index (χ0) is 25.2. The number of halogens is 4. The maximum Gasteiger partial charge on any atom is 0.250 e. The molecule has 2 fully saturated rings. The van der Waals surface area contributed by atoms with Gasteiger partial charge < -0.3 is 19.7 Å². The molecule has 5 unspecified atom stereocenters. The number of alkyl halides is 1. The Labute approximate surface area is 216 Å². The van der Waals surface area contributed by atoms with Crippen LogP contribution in [0.25, 0.3) is 0 Å². The largest absolute Gasteiger partial charge is 0.497 e. The fraction of sp³-hybridized carbons (Fsp3) is 0.375. The number of hydrogen-bond acceptors (Lipinski definition) is 5. The molecule has 5 rings (SSSR count). The predicted octanol–water partition coefficient (Wildman–Crippen LogP) is 4.32. The molecule has 3 heterocycles. The van der Waals surface area contributed by atoms with Crippen LogP contribution in [0.4, 0.5) is 15.8 Å². The van der Waals surface area contributed by atoms with Crippen molar-refractivity contribution in [1.82, 2.24) is 4.90 Å². The van der Waals surface area contributed by atoms with Crippen LogP contribution in [0.5, 0.6) is 5.75 Å². The second-order valence-electron chi connectivity index (χ2n) is 9.02. The van der Waals surface area contributed by atoms with E-state index in [2.05, 4.69) is 5.32 Å². The molecule has 11 heteroatoms. The van der Waals surface area contributed by atoms with Crippen LogP contribution in [0.2, 0.25) is 15.1 Å². The fourth-order valence-electron chi connectivity index (χ4n) is 5.91. The van der Waals surface area contributed by atoms with Gasteiger partial charge in [-0.1, -0.05) is 34.8 Å². The Morgan fingerprint density at radius 2 is 1.94 bits per heavy atom. The Balaban J connectivity index is 1.65. The summed E-state index contributed by atoms with van der Waals surface area (Å²) in [5.41, 5.74) is -0.480. The Kier molecular flexibility index (Phi) is 5.99. The highest BCUT2D eigenvalue weighted by Crippen LogP contribution is 2.59. The van der Waals surface area contributed by atoms with Crippen molar-refractivity contribution in [1.29, 1.82) is 0 Å². The zero-order valence-electron chi connectivity index (χ0n) is 18.7. The van der Waals surface area contributed by atoms with E-state index in [1.165, 1.54) is 18.1 Å². The molecule has 3 aliphatic heterocycles. The third-order valence-corrected chi connectivity index (χ3v) is 8.06. The second kappa shape index (κ2) is 8.62. The number of aldehydes is 1. The number of benzene rings is 2. The number of anilines is 2. The van der Waals surface area contributed by atoms with Gasteiger partial charge in [-0.2, -0.15) is 0 Å². The summed E-state index contributed by atoms with van der Waals surface area (Å²) >= 11 is 18.8. The van der Waals surface area contributed by atoms with Crippen LogP contribution in [0.15, 0.2) is 30.3 Å². The summed E-state index contributed by atoms with van der Waals surface area (Å²) in [6.45, 7) is -0.107. The first kappa shape index (κ1) is 24.3. The van der Waals surface area contributed by atoms with Gasteiger partial charge in [-0.15, -0.1) is 0 Å². The Morgan fingerprint density at radius 3 is 2.63 bits per heavy atom. The molecule has 5 atom stereocenters. The van der Waals surface area contributed by atoms with E-state index >= 15 is 0 Å². The minimum atomic E-state index is -1.61. The number of nitrogens with one attached hydrogen (secondary N) is 1. The van der Waals surface area contributed by atoms with E-state index < -0.39 is 41.4 Å². The molecular weight excluding hydrogens is 520 g/mol. The summed E-state index contributed by atoms with van der Waals surface area (Å²) in [5.74, 6) is -2.64. The van der Waals surface area contributed by atoms with Crippen molar-refractivity contribution in [3.05, 3.63) is 51.0 Å². The molecule has 184 valence electrons. The van der Waals surface area contributed by atoms with Crippen molar-refractivity contribution in [2.24, 2.45) is 11.8 Å². The maximum absolute atomic E-state index is 14.8. The van der Waals surface area contributed by atoms with Gasteiger partial charge in [-0.3, -0.25) is 14.5 Å². The van der Waals surface area contributed by atoms with Crippen LogP contribution < -0.4 is 15.0 Å². The van der Waals surface area contributed by atoms with Crippen molar-refractivity contribution >= 4 is 64.3 Å². The normalized spacial score (nSPS) is 29.1. The molecule has 2 aromatic carbocycles. The molecule has 7 nitrogen and oxygen atoms in total. The van der Waals surface area contributed by atoms with Gasteiger partial charge in [0, 0.05) is 47.0 Å². The number of carbonyl (C=O) groups is 3. The van der Waals surface area contributed by atoms with Gasteiger partial charge in [0.15, 0.2) is 0 Å². The Hall–Kier alpha value is -2.39. The molecule has 2 amide bonds. The standard InChI is InChI=1S/C24H21Cl3FN3O4/c1-30(14-3-11(25)4-15(8-14)35-2)22(33)20-17(10-32)24(31-9-13(28)7-19(20)31)16-5-12(26)6-18(27)21(16)29-23(24)34/h3-6,8,10,13,17,19-20H,7,9H2,1-2H3,(H,29,34). The Bertz CT molecular complexity index is 1260. The molecule has 0 aromatic heterocycles. The number of methoxy groups -OCH3 is 1. The fourth-order valence-corrected chi connectivity index (χ4v) is 6.67. The minimum Gasteiger partial charge on any atom is -0.497 e. The minimum absolute atomic E-state index is 0.00607. The number of nitrogens with zero attached hydrogens (tertiary/aromatic N) is 2. The number of amides is 2. The van der Waals surface area contributed by atoms with E-state index in [0.29, 0.717) is 34.0 Å². The van der Waals surface area contributed by atoms with E-state index in [-0.39, 0.29) is 23.0 Å². The lowest BCUT2D eigenvalue weighted by Gasteiger charge is -2.35. The SMILES string of the molecule is COc1cc(Cl)cc(N(C)C(=O)C2C3CC(F)CN3C3(C(=O)Nc4c(Cl)cc(Cl)cc43)C2C=O)c1. The molecular formula is C24H21Cl3FN3O4. The summed E-state index contributed by atoms with van der Waals surface area (Å²) in [5, 5.41) is 3.57. The molecule has 0 radical (unpaired) electrons. The Morgan fingerprint density at radius 1 is 1.23 bits per heavy atom. The van der Waals surface area contributed by atoms with E-state index in [4.69, 9.17) is 39.5 Å². The highest BCUT2D eigenvalue weighted by Gasteiger charge is 2.70. The van der Waals surface area contributed by atoms with Gasteiger partial charge >= 0.3 is 0 Å². The smallest absolute Gasteiger partial charge is 0.250 e. The zero-order valence-corrected chi connectivity index (χ0v) is 21.0. The van der Waals surface area contributed by atoms with Crippen LogP contribution in [-0.2, 0) is 19.9 Å². The molecule has 3 aliphatic rings. The third kappa shape index (κ3) is 3.45. The molecule has 2 saturated heterocycles. The summed E-state index contributed by atoms with van der Waals surface area (Å²) < 4.78 is 20.1. The summed E-state index contributed by atoms with van der Waals surface area (Å²) in [6, 6.07) is 7.16.